The Hall–Kier alpha value is -1.36. The van der Waals surface area contributed by atoms with Crippen molar-refractivity contribution in [2.75, 3.05) is 37.0 Å². The highest BCUT2D eigenvalue weighted by atomic mass is 16.5. The zero-order valence-corrected chi connectivity index (χ0v) is 12.9. The summed E-state index contributed by atoms with van der Waals surface area (Å²) in [6.45, 7) is 7.07. The summed E-state index contributed by atoms with van der Waals surface area (Å²) in [7, 11) is 1.90. The number of aryl methyl sites for hydroxylation is 1. The zero-order chi connectivity index (χ0) is 14.4. The molecule has 1 aromatic rings. The van der Waals surface area contributed by atoms with Gasteiger partial charge in [-0.25, -0.2) is 9.97 Å². The molecule has 1 unspecified atom stereocenters. The van der Waals surface area contributed by atoms with Gasteiger partial charge in [0.2, 0.25) is 0 Å². The molecule has 1 aliphatic heterocycles. The zero-order valence-electron chi connectivity index (χ0n) is 12.9. The van der Waals surface area contributed by atoms with Gasteiger partial charge in [0.05, 0.1) is 6.10 Å². The van der Waals surface area contributed by atoms with Crippen molar-refractivity contribution in [2.24, 2.45) is 0 Å². The topological polar surface area (TPSA) is 50.3 Å². The van der Waals surface area contributed by atoms with E-state index in [9.17, 15) is 0 Å². The van der Waals surface area contributed by atoms with Crippen LogP contribution >= 0.6 is 0 Å². The molecule has 0 bridgehead atoms. The van der Waals surface area contributed by atoms with Crippen molar-refractivity contribution in [3.8, 4) is 0 Å². The summed E-state index contributed by atoms with van der Waals surface area (Å²) in [5.74, 6) is 2.81. The van der Waals surface area contributed by atoms with Crippen LogP contribution in [0, 0.1) is 0 Å². The summed E-state index contributed by atoms with van der Waals surface area (Å²) < 4.78 is 5.74. The van der Waals surface area contributed by atoms with E-state index in [-0.39, 0.29) is 0 Å². The van der Waals surface area contributed by atoms with E-state index in [1.165, 1.54) is 6.42 Å². The SMILES string of the molecule is CCCc1nc(NC)cc(N(CC)CC2CCCO2)n1. The monoisotopic (exact) mass is 278 g/mol. The van der Waals surface area contributed by atoms with Crippen LogP contribution < -0.4 is 10.2 Å². The molecule has 0 radical (unpaired) electrons. The third kappa shape index (κ3) is 3.82. The molecule has 5 heteroatoms. The van der Waals surface area contributed by atoms with Crippen molar-refractivity contribution in [2.45, 2.75) is 45.6 Å². The second-order valence-electron chi connectivity index (χ2n) is 5.20. The van der Waals surface area contributed by atoms with E-state index in [1.807, 2.05) is 13.1 Å². The molecule has 1 atom stereocenters. The fourth-order valence-electron chi connectivity index (χ4n) is 2.53. The van der Waals surface area contributed by atoms with Crippen LogP contribution in [0.5, 0.6) is 0 Å². The maximum absolute atomic E-state index is 5.74. The highest BCUT2D eigenvalue weighted by Crippen LogP contribution is 2.20. The number of aromatic nitrogens is 2. The van der Waals surface area contributed by atoms with Crippen LogP contribution in [0.1, 0.15) is 38.9 Å². The molecule has 1 fully saturated rings. The van der Waals surface area contributed by atoms with Crippen LogP contribution in [-0.2, 0) is 11.2 Å². The summed E-state index contributed by atoms with van der Waals surface area (Å²) in [5, 5.41) is 3.13. The highest BCUT2D eigenvalue weighted by Gasteiger charge is 2.20. The van der Waals surface area contributed by atoms with Crippen LogP contribution in [-0.4, -0.2) is 42.8 Å². The number of nitrogens with zero attached hydrogens (tertiary/aromatic N) is 3. The van der Waals surface area contributed by atoms with Crippen molar-refractivity contribution in [1.29, 1.82) is 0 Å². The largest absolute Gasteiger partial charge is 0.376 e. The van der Waals surface area contributed by atoms with E-state index in [0.717, 1.165) is 56.4 Å². The quantitative estimate of drug-likeness (QED) is 0.830. The molecule has 5 nitrogen and oxygen atoms in total. The summed E-state index contributed by atoms with van der Waals surface area (Å²) >= 11 is 0. The molecule has 20 heavy (non-hydrogen) atoms. The van der Waals surface area contributed by atoms with Crippen LogP contribution in [0.2, 0.25) is 0 Å². The van der Waals surface area contributed by atoms with Crippen LogP contribution in [0.25, 0.3) is 0 Å². The fourth-order valence-corrected chi connectivity index (χ4v) is 2.53. The first-order valence-corrected chi connectivity index (χ1v) is 7.69. The van der Waals surface area contributed by atoms with Gasteiger partial charge in [0.15, 0.2) is 0 Å². The van der Waals surface area contributed by atoms with Gasteiger partial charge in [-0.1, -0.05) is 6.92 Å². The van der Waals surface area contributed by atoms with Crippen LogP contribution in [0.3, 0.4) is 0 Å². The van der Waals surface area contributed by atoms with E-state index >= 15 is 0 Å². The van der Waals surface area contributed by atoms with Gasteiger partial charge in [-0.05, 0) is 26.2 Å². The number of anilines is 2. The molecule has 112 valence electrons. The predicted octanol–water partition coefficient (Wildman–Crippen LogP) is 2.48. The van der Waals surface area contributed by atoms with E-state index in [1.54, 1.807) is 0 Å². The third-order valence-corrected chi connectivity index (χ3v) is 3.64. The Kier molecular flexibility index (Phi) is 5.59. The van der Waals surface area contributed by atoms with Gasteiger partial charge in [0.1, 0.15) is 17.5 Å². The van der Waals surface area contributed by atoms with Crippen molar-refractivity contribution < 1.29 is 4.74 Å². The minimum atomic E-state index is 0.345. The first-order valence-electron chi connectivity index (χ1n) is 7.69. The molecule has 2 rings (SSSR count). The molecule has 1 aliphatic rings. The predicted molar refractivity (Wildman–Crippen MR) is 82.4 cm³/mol. The number of likely N-dealkylation sites (N-methyl/N-ethyl adjacent to an activating group) is 1. The fraction of sp³-hybridized carbons (Fsp3) is 0.733. The number of hydrogen-bond donors (Lipinski definition) is 1. The Morgan fingerprint density at radius 2 is 2.25 bits per heavy atom. The molecule has 0 amide bonds. The number of nitrogens with one attached hydrogen (secondary N) is 1. The molecule has 0 aromatic carbocycles. The molecule has 1 N–H and O–H groups in total. The van der Waals surface area contributed by atoms with Gasteiger partial charge in [-0.2, -0.15) is 0 Å². The summed E-state index contributed by atoms with van der Waals surface area (Å²) in [6, 6.07) is 2.03. The van der Waals surface area contributed by atoms with Crippen LogP contribution in [0.4, 0.5) is 11.6 Å². The minimum Gasteiger partial charge on any atom is -0.376 e. The van der Waals surface area contributed by atoms with E-state index < -0.39 is 0 Å². The van der Waals surface area contributed by atoms with E-state index in [0.29, 0.717) is 6.10 Å². The third-order valence-electron chi connectivity index (χ3n) is 3.64. The van der Waals surface area contributed by atoms with Gasteiger partial charge in [0, 0.05) is 39.2 Å². The van der Waals surface area contributed by atoms with Gasteiger partial charge in [-0.15, -0.1) is 0 Å². The normalized spacial score (nSPS) is 18.2. The van der Waals surface area contributed by atoms with Crippen molar-refractivity contribution >= 4 is 11.6 Å². The second kappa shape index (κ2) is 7.43. The van der Waals surface area contributed by atoms with Gasteiger partial charge < -0.3 is 15.0 Å². The molecule has 0 aliphatic carbocycles. The average molecular weight is 278 g/mol. The lowest BCUT2D eigenvalue weighted by Gasteiger charge is -2.25. The Balaban J connectivity index is 2.15. The van der Waals surface area contributed by atoms with E-state index in [2.05, 4.69) is 29.0 Å². The van der Waals surface area contributed by atoms with Gasteiger partial charge >= 0.3 is 0 Å². The summed E-state index contributed by atoms with van der Waals surface area (Å²) in [4.78, 5) is 11.5. The number of ether oxygens (including phenoxy) is 1. The Morgan fingerprint density at radius 1 is 1.40 bits per heavy atom. The second-order valence-corrected chi connectivity index (χ2v) is 5.20. The van der Waals surface area contributed by atoms with E-state index in [4.69, 9.17) is 9.72 Å². The average Bonchev–Trinajstić information content (AvgIpc) is 2.97. The lowest BCUT2D eigenvalue weighted by atomic mass is 10.2. The lowest BCUT2D eigenvalue weighted by Crippen LogP contribution is -2.33. The maximum atomic E-state index is 5.74. The first kappa shape index (κ1) is 15.0. The smallest absolute Gasteiger partial charge is 0.134 e. The molecule has 0 saturated carbocycles. The van der Waals surface area contributed by atoms with Crippen molar-refractivity contribution in [3.05, 3.63) is 11.9 Å². The molecule has 1 aromatic heterocycles. The minimum absolute atomic E-state index is 0.345. The molecule has 1 saturated heterocycles. The molecule has 2 heterocycles. The molecule has 0 spiro atoms. The number of rotatable bonds is 7. The standard InChI is InChI=1S/C15H26N4O/c1-4-7-13-17-14(16-3)10-15(18-13)19(5-2)11-12-8-6-9-20-12/h10,12H,4-9,11H2,1-3H3,(H,16,17,18). The van der Waals surface area contributed by atoms with Crippen molar-refractivity contribution in [1.82, 2.24) is 9.97 Å². The Labute approximate surface area is 121 Å². The van der Waals surface area contributed by atoms with Gasteiger partial charge in [-0.3, -0.25) is 0 Å². The van der Waals surface area contributed by atoms with Gasteiger partial charge in [0.25, 0.3) is 0 Å². The lowest BCUT2D eigenvalue weighted by molar-refractivity contribution is 0.115. The molecular formula is C15H26N4O. The maximum Gasteiger partial charge on any atom is 0.134 e. The summed E-state index contributed by atoms with van der Waals surface area (Å²) in [5.41, 5.74) is 0. The van der Waals surface area contributed by atoms with Crippen LogP contribution in [0.15, 0.2) is 6.07 Å². The molecular weight excluding hydrogens is 252 g/mol. The summed E-state index contributed by atoms with van der Waals surface area (Å²) in [6.07, 6.45) is 4.65. The Morgan fingerprint density at radius 3 is 2.85 bits per heavy atom. The first-order chi connectivity index (χ1) is 9.76. The Bertz CT molecular complexity index is 418. The highest BCUT2D eigenvalue weighted by molar-refractivity contribution is 5.49. The van der Waals surface area contributed by atoms with Crippen molar-refractivity contribution in [3.63, 3.8) is 0 Å². The number of hydrogen-bond acceptors (Lipinski definition) is 5.